The molecule has 1 fully saturated rings. The zero-order valence-corrected chi connectivity index (χ0v) is 12.3. The summed E-state index contributed by atoms with van der Waals surface area (Å²) in [5, 5.41) is 4.04. The van der Waals surface area contributed by atoms with Gasteiger partial charge in [0.15, 0.2) is 0 Å². The van der Waals surface area contributed by atoms with Gasteiger partial charge in [-0.3, -0.25) is 4.79 Å². The average molecular weight is 290 g/mol. The van der Waals surface area contributed by atoms with Crippen LogP contribution in [0.1, 0.15) is 46.5 Å². The molecule has 0 aromatic carbocycles. The van der Waals surface area contributed by atoms with Crippen LogP contribution in [-0.4, -0.2) is 17.8 Å². The molecular formula is C13H24BrNO. The minimum atomic E-state index is 0.181. The van der Waals surface area contributed by atoms with Crippen molar-refractivity contribution in [1.29, 1.82) is 0 Å². The summed E-state index contributed by atoms with van der Waals surface area (Å²) in [6.07, 6.45) is 4.71. The average Bonchev–Trinajstić information content (AvgIpc) is 2.24. The van der Waals surface area contributed by atoms with Crippen LogP contribution < -0.4 is 5.32 Å². The Kier molecular flexibility index (Phi) is 5.29. The summed E-state index contributed by atoms with van der Waals surface area (Å²) in [4.78, 5) is 12.1. The van der Waals surface area contributed by atoms with Crippen molar-refractivity contribution in [2.24, 2.45) is 17.3 Å². The van der Waals surface area contributed by atoms with Crippen LogP contribution in [-0.2, 0) is 4.79 Å². The number of carbonyl (C=O) groups is 1. The molecule has 1 N–H and O–H groups in total. The molecule has 16 heavy (non-hydrogen) atoms. The second-order valence-electron chi connectivity index (χ2n) is 5.79. The highest BCUT2D eigenvalue weighted by atomic mass is 79.9. The van der Waals surface area contributed by atoms with Crippen molar-refractivity contribution in [1.82, 2.24) is 5.32 Å². The Labute approximate surface area is 108 Å². The fourth-order valence-electron chi connectivity index (χ4n) is 2.43. The maximum Gasteiger partial charge on any atom is 0.223 e. The van der Waals surface area contributed by atoms with Gasteiger partial charge in [0.25, 0.3) is 0 Å². The van der Waals surface area contributed by atoms with E-state index in [1.807, 2.05) is 0 Å². The monoisotopic (exact) mass is 289 g/mol. The van der Waals surface area contributed by atoms with Crippen LogP contribution in [0.5, 0.6) is 0 Å². The topological polar surface area (TPSA) is 29.1 Å². The van der Waals surface area contributed by atoms with Gasteiger partial charge in [-0.1, -0.05) is 49.5 Å². The molecule has 1 saturated carbocycles. The fraction of sp³-hybridized carbons (Fsp3) is 0.923. The van der Waals surface area contributed by atoms with Gasteiger partial charge < -0.3 is 5.32 Å². The first-order chi connectivity index (χ1) is 7.47. The van der Waals surface area contributed by atoms with Crippen LogP contribution in [0.15, 0.2) is 0 Å². The molecule has 0 aliphatic heterocycles. The Bertz CT molecular complexity index is 240. The number of rotatable bonds is 4. The fourth-order valence-corrected chi connectivity index (χ4v) is 2.66. The maximum absolute atomic E-state index is 12.1. The molecule has 3 heteroatoms. The van der Waals surface area contributed by atoms with Crippen molar-refractivity contribution in [3.05, 3.63) is 0 Å². The summed E-state index contributed by atoms with van der Waals surface area (Å²) < 4.78 is 0. The Morgan fingerprint density at radius 2 is 2.19 bits per heavy atom. The van der Waals surface area contributed by atoms with Gasteiger partial charge in [-0.25, -0.2) is 0 Å². The summed E-state index contributed by atoms with van der Waals surface area (Å²) in [6, 6.07) is 0. The van der Waals surface area contributed by atoms with E-state index < -0.39 is 0 Å². The van der Waals surface area contributed by atoms with Crippen molar-refractivity contribution in [3.8, 4) is 0 Å². The van der Waals surface area contributed by atoms with Crippen LogP contribution in [0, 0.1) is 17.3 Å². The van der Waals surface area contributed by atoms with E-state index in [2.05, 4.69) is 42.0 Å². The molecule has 1 aliphatic rings. The van der Waals surface area contributed by atoms with Crippen molar-refractivity contribution in [2.45, 2.75) is 46.5 Å². The van der Waals surface area contributed by atoms with Crippen LogP contribution >= 0.6 is 15.9 Å². The smallest absolute Gasteiger partial charge is 0.223 e. The molecule has 0 saturated heterocycles. The first-order valence-corrected chi connectivity index (χ1v) is 7.43. The van der Waals surface area contributed by atoms with Crippen LogP contribution in [0.4, 0.5) is 0 Å². The Hall–Kier alpha value is -0.0500. The van der Waals surface area contributed by atoms with Gasteiger partial charge in [0, 0.05) is 17.8 Å². The molecule has 0 radical (unpaired) electrons. The molecule has 2 atom stereocenters. The molecule has 0 aromatic rings. The zero-order valence-electron chi connectivity index (χ0n) is 10.7. The summed E-state index contributed by atoms with van der Waals surface area (Å²) >= 11 is 3.43. The lowest BCUT2D eigenvalue weighted by Gasteiger charge is -2.37. The van der Waals surface area contributed by atoms with E-state index in [9.17, 15) is 4.79 Å². The summed E-state index contributed by atoms with van der Waals surface area (Å²) in [7, 11) is 0. The van der Waals surface area contributed by atoms with Crippen molar-refractivity contribution < 1.29 is 4.79 Å². The second-order valence-corrected chi connectivity index (χ2v) is 6.44. The molecule has 1 aliphatic carbocycles. The number of nitrogens with one attached hydrogen (secondary N) is 1. The van der Waals surface area contributed by atoms with Gasteiger partial charge in [-0.15, -0.1) is 0 Å². The second kappa shape index (κ2) is 6.04. The SMILES string of the molecule is CC(CBr)CNC(=O)C1CCCCC1(C)C. The highest BCUT2D eigenvalue weighted by molar-refractivity contribution is 9.09. The zero-order chi connectivity index (χ0) is 12.2. The van der Waals surface area contributed by atoms with Crippen LogP contribution in [0.2, 0.25) is 0 Å². The van der Waals surface area contributed by atoms with E-state index in [1.54, 1.807) is 0 Å². The van der Waals surface area contributed by atoms with Crippen molar-refractivity contribution >= 4 is 21.8 Å². The van der Waals surface area contributed by atoms with Gasteiger partial charge in [0.05, 0.1) is 0 Å². The third kappa shape index (κ3) is 3.76. The molecule has 2 unspecified atom stereocenters. The van der Waals surface area contributed by atoms with E-state index in [4.69, 9.17) is 0 Å². The first kappa shape index (κ1) is 14.0. The van der Waals surface area contributed by atoms with E-state index in [-0.39, 0.29) is 17.2 Å². The molecule has 0 heterocycles. The van der Waals surface area contributed by atoms with E-state index >= 15 is 0 Å². The van der Waals surface area contributed by atoms with Crippen molar-refractivity contribution in [2.75, 3.05) is 11.9 Å². The lowest BCUT2D eigenvalue weighted by Crippen LogP contribution is -2.42. The standard InChI is InChI=1S/C13H24BrNO/c1-10(8-14)9-15-12(16)11-6-4-5-7-13(11,2)3/h10-11H,4-9H2,1-3H3,(H,15,16). The number of halogens is 1. The number of alkyl halides is 1. The molecule has 1 amide bonds. The Morgan fingerprint density at radius 3 is 2.75 bits per heavy atom. The number of hydrogen-bond donors (Lipinski definition) is 1. The maximum atomic E-state index is 12.1. The normalized spacial score (nSPS) is 26.1. The van der Waals surface area contributed by atoms with E-state index in [1.165, 1.54) is 19.3 Å². The number of hydrogen-bond acceptors (Lipinski definition) is 1. The Morgan fingerprint density at radius 1 is 1.50 bits per heavy atom. The molecule has 0 aromatic heterocycles. The van der Waals surface area contributed by atoms with Gasteiger partial charge in [-0.2, -0.15) is 0 Å². The van der Waals surface area contributed by atoms with Crippen molar-refractivity contribution in [3.63, 3.8) is 0 Å². The van der Waals surface area contributed by atoms with Gasteiger partial charge >= 0.3 is 0 Å². The molecule has 0 spiro atoms. The number of amides is 1. The minimum absolute atomic E-state index is 0.181. The Balaban J connectivity index is 2.46. The summed E-state index contributed by atoms with van der Waals surface area (Å²) in [5.74, 6) is 0.983. The third-order valence-corrected chi connectivity index (χ3v) is 4.82. The third-order valence-electron chi connectivity index (χ3n) is 3.71. The molecule has 2 nitrogen and oxygen atoms in total. The highest BCUT2D eigenvalue weighted by Crippen LogP contribution is 2.40. The highest BCUT2D eigenvalue weighted by Gasteiger charge is 2.36. The largest absolute Gasteiger partial charge is 0.356 e. The minimum Gasteiger partial charge on any atom is -0.356 e. The number of carbonyl (C=O) groups excluding carboxylic acids is 1. The summed E-state index contributed by atoms with van der Waals surface area (Å²) in [5.41, 5.74) is 0.181. The van der Waals surface area contributed by atoms with Gasteiger partial charge in [0.2, 0.25) is 5.91 Å². The predicted octanol–water partition coefficient (Wildman–Crippen LogP) is 3.35. The molecule has 0 bridgehead atoms. The van der Waals surface area contributed by atoms with Crippen LogP contribution in [0.3, 0.4) is 0 Å². The van der Waals surface area contributed by atoms with E-state index in [0.29, 0.717) is 5.92 Å². The van der Waals surface area contributed by atoms with E-state index in [0.717, 1.165) is 18.3 Å². The molecule has 1 rings (SSSR count). The first-order valence-electron chi connectivity index (χ1n) is 6.31. The van der Waals surface area contributed by atoms with Crippen LogP contribution in [0.25, 0.3) is 0 Å². The summed E-state index contributed by atoms with van der Waals surface area (Å²) in [6.45, 7) is 7.38. The molecular weight excluding hydrogens is 266 g/mol. The quantitative estimate of drug-likeness (QED) is 0.790. The molecule has 94 valence electrons. The van der Waals surface area contributed by atoms with Gasteiger partial charge in [-0.05, 0) is 24.2 Å². The predicted molar refractivity (Wildman–Crippen MR) is 71.7 cm³/mol. The lowest BCUT2D eigenvalue weighted by atomic mass is 9.68. The lowest BCUT2D eigenvalue weighted by molar-refractivity contribution is -0.130. The van der Waals surface area contributed by atoms with Gasteiger partial charge in [0.1, 0.15) is 0 Å².